The van der Waals surface area contributed by atoms with Crippen LogP contribution in [0.1, 0.15) is 11.3 Å². The Bertz CT molecular complexity index is 1110. The Morgan fingerprint density at radius 2 is 1.73 bits per heavy atom. The summed E-state index contributed by atoms with van der Waals surface area (Å²) in [5.41, 5.74) is -0.195. The molecule has 2 heterocycles. The normalized spacial score (nSPS) is 12.5. The van der Waals surface area contributed by atoms with E-state index in [2.05, 4.69) is 9.82 Å². The van der Waals surface area contributed by atoms with Crippen LogP contribution in [0.2, 0.25) is 10.0 Å². The van der Waals surface area contributed by atoms with Crippen LogP contribution < -0.4 is 4.72 Å². The first-order valence-electron chi connectivity index (χ1n) is 7.03. The van der Waals surface area contributed by atoms with Crippen molar-refractivity contribution >= 4 is 44.6 Å². The van der Waals surface area contributed by atoms with Crippen molar-refractivity contribution in [3.05, 3.63) is 57.7 Å². The maximum atomic E-state index is 13.0. The van der Waals surface area contributed by atoms with Gasteiger partial charge in [-0.15, -0.1) is 0 Å². The van der Waals surface area contributed by atoms with Gasteiger partial charge in [-0.25, -0.2) is 12.9 Å². The molecule has 0 fully saturated rings. The van der Waals surface area contributed by atoms with Gasteiger partial charge in [0.2, 0.25) is 0 Å². The van der Waals surface area contributed by atoms with E-state index in [0.717, 1.165) is 12.1 Å². The number of rotatable bonds is 3. The lowest BCUT2D eigenvalue weighted by atomic mass is 10.2. The molecule has 0 aliphatic carbocycles. The predicted molar refractivity (Wildman–Crippen MR) is 92.2 cm³/mol. The molecule has 0 spiro atoms. The Kier molecular flexibility index (Phi) is 4.58. The third kappa shape index (κ3) is 3.46. The van der Waals surface area contributed by atoms with Gasteiger partial charge >= 0.3 is 6.18 Å². The summed E-state index contributed by atoms with van der Waals surface area (Å²) in [5.74, 6) is 0.0287. The molecule has 0 unspecified atom stereocenters. The smallest absolute Gasteiger partial charge is 0.263 e. The van der Waals surface area contributed by atoms with Gasteiger partial charge in [0.25, 0.3) is 10.0 Å². The van der Waals surface area contributed by atoms with Gasteiger partial charge in [0.15, 0.2) is 0 Å². The minimum atomic E-state index is -4.78. The highest BCUT2D eigenvalue weighted by molar-refractivity contribution is 7.92. The van der Waals surface area contributed by atoms with Gasteiger partial charge < -0.3 is 0 Å². The Morgan fingerprint density at radius 1 is 1.08 bits per heavy atom. The number of hydrogen-bond acceptors (Lipinski definition) is 3. The number of nitrogens with one attached hydrogen (secondary N) is 1. The maximum absolute atomic E-state index is 13.0. The van der Waals surface area contributed by atoms with Crippen LogP contribution in [0.25, 0.3) is 5.52 Å². The summed E-state index contributed by atoms with van der Waals surface area (Å²) in [4.78, 5) is -0.582. The number of halogens is 5. The van der Waals surface area contributed by atoms with Crippen LogP contribution in [0.4, 0.5) is 19.0 Å². The molecule has 11 heteroatoms. The summed E-state index contributed by atoms with van der Waals surface area (Å²) >= 11 is 11.6. The molecule has 1 N–H and O–H groups in total. The Balaban J connectivity index is 2.07. The molecule has 3 aromatic rings. The molecule has 0 aliphatic rings. The van der Waals surface area contributed by atoms with E-state index in [1.165, 1.54) is 16.6 Å². The molecule has 2 aromatic heterocycles. The van der Waals surface area contributed by atoms with Gasteiger partial charge in [0, 0.05) is 0 Å². The van der Waals surface area contributed by atoms with Crippen LogP contribution >= 0.6 is 23.2 Å². The quantitative estimate of drug-likeness (QED) is 0.659. The van der Waals surface area contributed by atoms with Gasteiger partial charge in [0.1, 0.15) is 5.82 Å². The third-order valence-corrected chi connectivity index (χ3v) is 5.49. The van der Waals surface area contributed by atoms with Crippen molar-refractivity contribution in [2.75, 3.05) is 4.72 Å². The molecule has 26 heavy (non-hydrogen) atoms. The highest BCUT2D eigenvalue weighted by atomic mass is 35.5. The molecule has 0 saturated heterocycles. The fourth-order valence-corrected chi connectivity index (χ4v) is 3.81. The minimum Gasteiger partial charge on any atom is -0.263 e. The lowest BCUT2D eigenvalue weighted by molar-refractivity contribution is -0.137. The Hall–Kier alpha value is -1.97. The second-order valence-electron chi connectivity index (χ2n) is 5.39. The molecular formula is C15H10Cl2F3N3O2S. The predicted octanol–water partition coefficient (Wildman–Crippen LogP) is 4.77. The number of sulfonamides is 1. The van der Waals surface area contributed by atoms with Crippen molar-refractivity contribution in [1.29, 1.82) is 0 Å². The molecule has 0 radical (unpaired) electrons. The van der Waals surface area contributed by atoms with Crippen LogP contribution in [0.15, 0.2) is 41.3 Å². The lowest BCUT2D eigenvalue weighted by Crippen LogP contribution is -2.17. The number of pyridine rings is 1. The van der Waals surface area contributed by atoms with E-state index in [9.17, 15) is 21.6 Å². The SMILES string of the molecule is Cc1cc2c(Cl)ccc(NS(=O)(=O)c3ccc(Cl)c(C(F)(F)F)c3)n2n1. The Labute approximate surface area is 156 Å². The van der Waals surface area contributed by atoms with Crippen LogP contribution in [0.5, 0.6) is 0 Å². The summed E-state index contributed by atoms with van der Waals surface area (Å²) in [7, 11) is -4.32. The van der Waals surface area contributed by atoms with Gasteiger partial charge in [0.05, 0.1) is 31.7 Å². The number of hydrogen-bond donors (Lipinski definition) is 1. The second-order valence-corrected chi connectivity index (χ2v) is 7.89. The van der Waals surface area contributed by atoms with Gasteiger partial charge in [-0.2, -0.15) is 18.3 Å². The van der Waals surface area contributed by atoms with E-state index in [1.54, 1.807) is 13.0 Å². The van der Waals surface area contributed by atoms with Gasteiger partial charge in [-0.3, -0.25) is 4.72 Å². The van der Waals surface area contributed by atoms with E-state index < -0.39 is 31.7 Å². The van der Waals surface area contributed by atoms with Gasteiger partial charge in [-0.1, -0.05) is 23.2 Å². The zero-order valence-electron chi connectivity index (χ0n) is 13.0. The number of benzene rings is 1. The first-order chi connectivity index (χ1) is 12.0. The lowest BCUT2D eigenvalue weighted by Gasteiger charge is -2.13. The standard InChI is InChI=1S/C15H10Cl2F3N3O2S/c1-8-6-13-12(17)4-5-14(23(13)21-8)22-26(24,25)9-2-3-11(16)10(7-9)15(18,19)20/h2-7,22H,1H3. The average molecular weight is 424 g/mol. The van der Waals surface area contributed by atoms with Crippen LogP contribution in [0, 0.1) is 6.92 Å². The number of nitrogens with zero attached hydrogens (tertiary/aromatic N) is 2. The summed E-state index contributed by atoms with van der Waals surface area (Å²) < 4.78 is 67.5. The second kappa shape index (κ2) is 6.33. The van der Waals surface area contributed by atoms with Crippen molar-refractivity contribution in [2.24, 2.45) is 0 Å². The first-order valence-corrected chi connectivity index (χ1v) is 9.27. The highest BCUT2D eigenvalue weighted by Gasteiger charge is 2.34. The van der Waals surface area contributed by atoms with E-state index in [-0.39, 0.29) is 5.82 Å². The molecule has 5 nitrogen and oxygen atoms in total. The topological polar surface area (TPSA) is 63.5 Å². The van der Waals surface area contributed by atoms with E-state index in [1.807, 2.05) is 0 Å². The number of anilines is 1. The zero-order chi connectivity index (χ0) is 19.3. The molecule has 0 bridgehead atoms. The third-order valence-electron chi connectivity index (χ3n) is 3.48. The molecule has 1 aromatic carbocycles. The number of alkyl halides is 3. The van der Waals surface area contributed by atoms with E-state index in [0.29, 0.717) is 22.3 Å². The molecule has 0 saturated carbocycles. The van der Waals surface area contributed by atoms with Crippen LogP contribution in [0.3, 0.4) is 0 Å². The summed E-state index contributed by atoms with van der Waals surface area (Å²) in [5, 5.41) is 3.88. The van der Waals surface area contributed by atoms with Crippen LogP contribution in [-0.2, 0) is 16.2 Å². The molecular weight excluding hydrogens is 414 g/mol. The van der Waals surface area contributed by atoms with Crippen LogP contribution in [-0.4, -0.2) is 18.0 Å². The number of fused-ring (bicyclic) bond motifs is 1. The average Bonchev–Trinajstić information content (AvgIpc) is 2.92. The fraction of sp³-hybridized carbons (Fsp3) is 0.133. The summed E-state index contributed by atoms with van der Waals surface area (Å²) in [6.07, 6.45) is -4.78. The minimum absolute atomic E-state index is 0.0287. The fourth-order valence-electron chi connectivity index (χ4n) is 2.32. The van der Waals surface area contributed by atoms with Crippen molar-refractivity contribution < 1.29 is 21.6 Å². The van der Waals surface area contributed by atoms with Crippen molar-refractivity contribution in [3.63, 3.8) is 0 Å². The summed E-state index contributed by atoms with van der Waals surface area (Å²) in [6, 6.07) is 6.81. The molecule has 138 valence electrons. The molecule has 0 amide bonds. The zero-order valence-corrected chi connectivity index (χ0v) is 15.3. The monoisotopic (exact) mass is 423 g/mol. The molecule has 0 aliphatic heterocycles. The van der Waals surface area contributed by atoms with Crippen molar-refractivity contribution in [1.82, 2.24) is 9.61 Å². The molecule has 3 rings (SSSR count). The van der Waals surface area contributed by atoms with Crippen molar-refractivity contribution in [3.8, 4) is 0 Å². The first kappa shape index (κ1) is 18.8. The largest absolute Gasteiger partial charge is 0.417 e. The number of aromatic nitrogens is 2. The van der Waals surface area contributed by atoms with Crippen molar-refractivity contribution in [2.45, 2.75) is 18.0 Å². The highest BCUT2D eigenvalue weighted by Crippen LogP contribution is 2.36. The Morgan fingerprint density at radius 3 is 2.38 bits per heavy atom. The maximum Gasteiger partial charge on any atom is 0.417 e. The molecule has 0 atom stereocenters. The summed E-state index contributed by atoms with van der Waals surface area (Å²) in [6.45, 7) is 1.69. The van der Waals surface area contributed by atoms with E-state index >= 15 is 0 Å². The van der Waals surface area contributed by atoms with E-state index in [4.69, 9.17) is 23.2 Å². The van der Waals surface area contributed by atoms with Gasteiger partial charge in [-0.05, 0) is 43.3 Å². The number of aryl methyl sites for hydroxylation is 1.